The molecule has 0 fully saturated rings. The number of fused-ring (bicyclic) bond motifs is 6. The Morgan fingerprint density at radius 2 is 0.977 bits per heavy atom. The molecule has 212 valence electrons. The number of aliphatic imine (C=N–C) groups is 1. The lowest BCUT2D eigenvalue weighted by atomic mass is 10.1. The zero-order valence-corrected chi connectivity index (χ0v) is 23.9. The van der Waals surface area contributed by atoms with Gasteiger partial charge in [-0.25, -0.2) is 4.99 Å². The van der Waals surface area contributed by atoms with Gasteiger partial charge in [0.25, 0.3) is 0 Å². The highest BCUT2D eigenvalue weighted by molar-refractivity contribution is 6.11. The van der Waals surface area contributed by atoms with E-state index in [1.165, 1.54) is 0 Å². The van der Waals surface area contributed by atoms with Crippen molar-refractivity contribution in [2.24, 2.45) is 4.99 Å². The third kappa shape index (κ3) is 5.65. The predicted molar refractivity (Wildman–Crippen MR) is 182 cm³/mol. The minimum absolute atomic E-state index is 0.171. The molecule has 0 aliphatic carbocycles. The van der Waals surface area contributed by atoms with Gasteiger partial charge in [-0.15, -0.1) is 0 Å². The van der Waals surface area contributed by atoms with E-state index in [2.05, 4.69) is 107 Å². The number of rotatable bonds is 4. The molecule has 6 nitrogen and oxygen atoms in total. The summed E-state index contributed by atoms with van der Waals surface area (Å²) in [6.45, 7) is 0. The Balaban J connectivity index is 1.39. The van der Waals surface area contributed by atoms with Crippen molar-refractivity contribution in [2.45, 2.75) is 0 Å². The first-order valence-corrected chi connectivity index (χ1v) is 14.5. The standard InChI is InChI=1S/C38H30N6/c39-37(28-13-4-1-5-14-28)41-38(29-15-6-2-7-16-29)42-44-35-23-11-18-31(26-35)40-30-17-10-21-33(25-30)43(32-19-8-3-9-20-32)34-22-12-24-36(44)27-34/h1-27,40H,(H2,39,41,42). The van der Waals surface area contributed by atoms with Crippen molar-refractivity contribution in [3.63, 3.8) is 0 Å². The second-order valence-corrected chi connectivity index (χ2v) is 10.4. The number of para-hydroxylation sites is 1. The van der Waals surface area contributed by atoms with E-state index < -0.39 is 0 Å². The van der Waals surface area contributed by atoms with Crippen LogP contribution in [0.1, 0.15) is 11.1 Å². The Morgan fingerprint density at radius 3 is 1.64 bits per heavy atom. The van der Waals surface area contributed by atoms with Gasteiger partial charge >= 0.3 is 0 Å². The van der Waals surface area contributed by atoms with Crippen molar-refractivity contribution in [1.29, 1.82) is 5.41 Å². The summed E-state index contributed by atoms with van der Waals surface area (Å²) >= 11 is 0. The largest absolute Gasteiger partial charge is 0.355 e. The van der Waals surface area contributed by atoms with Crippen LogP contribution in [0.25, 0.3) is 0 Å². The monoisotopic (exact) mass is 570 g/mol. The minimum Gasteiger partial charge on any atom is -0.355 e. The number of benzene rings is 6. The van der Waals surface area contributed by atoms with Crippen LogP contribution in [0.2, 0.25) is 0 Å². The van der Waals surface area contributed by atoms with Gasteiger partial charge in [0.15, 0.2) is 11.7 Å². The molecule has 0 aromatic heterocycles. The van der Waals surface area contributed by atoms with E-state index in [0.29, 0.717) is 5.84 Å². The van der Waals surface area contributed by atoms with E-state index in [4.69, 9.17) is 10.4 Å². The van der Waals surface area contributed by atoms with E-state index in [1.807, 2.05) is 77.8 Å². The summed E-state index contributed by atoms with van der Waals surface area (Å²) < 4.78 is 0. The maximum absolute atomic E-state index is 8.84. The van der Waals surface area contributed by atoms with Gasteiger partial charge in [-0.05, 0) is 66.7 Å². The Hall–Kier alpha value is -6.14. The summed E-state index contributed by atoms with van der Waals surface area (Å²) in [4.78, 5) is 7.07. The summed E-state index contributed by atoms with van der Waals surface area (Å²) in [5.74, 6) is 0.727. The molecule has 6 bridgehead atoms. The number of nitrogens with one attached hydrogen (secondary N) is 3. The van der Waals surface area contributed by atoms with Crippen molar-refractivity contribution in [2.75, 3.05) is 15.2 Å². The molecule has 44 heavy (non-hydrogen) atoms. The Labute approximate surface area is 257 Å². The number of hydrogen-bond acceptors (Lipinski definition) is 4. The topological polar surface area (TPSA) is 66.8 Å². The highest BCUT2D eigenvalue weighted by Gasteiger charge is 2.19. The van der Waals surface area contributed by atoms with Crippen LogP contribution in [0.3, 0.4) is 0 Å². The predicted octanol–water partition coefficient (Wildman–Crippen LogP) is 9.33. The maximum atomic E-state index is 8.84. The number of nitrogens with zero attached hydrogens (tertiary/aromatic N) is 3. The number of hydrogen-bond donors (Lipinski definition) is 3. The summed E-state index contributed by atoms with van der Waals surface area (Å²) in [7, 11) is 0. The maximum Gasteiger partial charge on any atom is 0.154 e. The fourth-order valence-corrected chi connectivity index (χ4v) is 5.31. The summed E-state index contributed by atoms with van der Waals surface area (Å²) in [5.41, 5.74) is 12.1. The molecule has 0 atom stereocenters. The molecule has 0 radical (unpaired) electrons. The van der Waals surface area contributed by atoms with Crippen LogP contribution < -0.4 is 20.7 Å². The molecule has 7 rings (SSSR count). The summed E-state index contributed by atoms with van der Waals surface area (Å²) in [6.07, 6.45) is 0. The van der Waals surface area contributed by atoms with Crippen molar-refractivity contribution in [3.8, 4) is 0 Å². The highest BCUT2D eigenvalue weighted by Crippen LogP contribution is 2.39. The zero-order valence-electron chi connectivity index (χ0n) is 23.9. The lowest BCUT2D eigenvalue weighted by Crippen LogP contribution is -2.40. The third-order valence-electron chi connectivity index (χ3n) is 7.39. The van der Waals surface area contributed by atoms with Gasteiger partial charge in [-0.1, -0.05) is 97.1 Å². The second kappa shape index (κ2) is 12.0. The van der Waals surface area contributed by atoms with Crippen molar-refractivity contribution >= 4 is 51.5 Å². The lowest BCUT2D eigenvalue weighted by Gasteiger charge is -2.31. The molecule has 1 aliphatic heterocycles. The number of amidine groups is 2. The molecule has 0 saturated heterocycles. The van der Waals surface area contributed by atoms with Gasteiger partial charge in [0.1, 0.15) is 0 Å². The van der Waals surface area contributed by atoms with Gasteiger partial charge in [0.05, 0.1) is 11.4 Å². The molecule has 0 unspecified atom stereocenters. The van der Waals surface area contributed by atoms with Gasteiger partial charge in [0, 0.05) is 39.6 Å². The van der Waals surface area contributed by atoms with Crippen molar-refractivity contribution in [1.82, 2.24) is 5.43 Å². The van der Waals surface area contributed by atoms with Crippen LogP contribution >= 0.6 is 0 Å². The average molecular weight is 571 g/mol. The first-order valence-electron chi connectivity index (χ1n) is 14.5. The van der Waals surface area contributed by atoms with Gasteiger partial charge < -0.3 is 10.2 Å². The molecule has 0 saturated carbocycles. The fourth-order valence-electron chi connectivity index (χ4n) is 5.31. The van der Waals surface area contributed by atoms with Crippen LogP contribution in [0.4, 0.5) is 39.8 Å². The Kier molecular flexibility index (Phi) is 7.29. The Bertz CT molecular complexity index is 1940. The van der Waals surface area contributed by atoms with Gasteiger partial charge in [0.2, 0.25) is 0 Å². The van der Waals surface area contributed by atoms with Crippen molar-refractivity contribution in [3.05, 3.63) is 175 Å². The normalized spacial score (nSPS) is 12.4. The fraction of sp³-hybridized carbons (Fsp3) is 0. The summed E-state index contributed by atoms with van der Waals surface area (Å²) in [5, 5.41) is 14.5. The SMILES string of the molecule is N=C(/N=C(\NN1c2cccc(c2)Nc2cccc(c2)N(c2ccccc2)c2cccc1c2)c1ccccc1)c1ccccc1. The van der Waals surface area contributed by atoms with E-state index in [1.54, 1.807) is 0 Å². The second-order valence-electron chi connectivity index (χ2n) is 10.4. The lowest BCUT2D eigenvalue weighted by molar-refractivity contribution is 0.932. The van der Waals surface area contributed by atoms with E-state index >= 15 is 0 Å². The van der Waals surface area contributed by atoms with Crippen LogP contribution in [0.5, 0.6) is 0 Å². The average Bonchev–Trinajstić information content (AvgIpc) is 3.08. The first-order chi connectivity index (χ1) is 21.7. The molecule has 0 amide bonds. The smallest absolute Gasteiger partial charge is 0.154 e. The van der Waals surface area contributed by atoms with Crippen LogP contribution in [-0.2, 0) is 0 Å². The number of anilines is 7. The molecule has 6 aromatic carbocycles. The minimum atomic E-state index is 0.171. The van der Waals surface area contributed by atoms with Crippen LogP contribution in [0.15, 0.2) is 169 Å². The third-order valence-corrected chi connectivity index (χ3v) is 7.39. The van der Waals surface area contributed by atoms with Crippen LogP contribution in [-0.4, -0.2) is 11.7 Å². The van der Waals surface area contributed by atoms with E-state index in [9.17, 15) is 0 Å². The zero-order chi connectivity index (χ0) is 29.7. The highest BCUT2D eigenvalue weighted by atomic mass is 15.5. The molecule has 1 aliphatic rings. The molecule has 6 aromatic rings. The van der Waals surface area contributed by atoms with Crippen molar-refractivity contribution < 1.29 is 0 Å². The van der Waals surface area contributed by atoms with Crippen LogP contribution in [0, 0.1) is 5.41 Å². The quantitative estimate of drug-likeness (QED) is 0.146. The number of hydrazine groups is 1. The summed E-state index contributed by atoms with van der Waals surface area (Å²) in [6, 6.07) is 55.0. The molecule has 3 N–H and O–H groups in total. The molecular formula is C38H30N6. The van der Waals surface area contributed by atoms with Gasteiger partial charge in [-0.2, -0.15) is 0 Å². The Morgan fingerprint density at radius 1 is 0.500 bits per heavy atom. The first kappa shape index (κ1) is 26.7. The molecule has 6 heteroatoms. The van der Waals surface area contributed by atoms with Gasteiger partial charge in [-0.3, -0.25) is 15.8 Å². The molecular weight excluding hydrogens is 540 g/mol. The molecule has 0 spiro atoms. The van der Waals surface area contributed by atoms with E-state index in [-0.39, 0.29) is 5.84 Å². The van der Waals surface area contributed by atoms with E-state index in [0.717, 1.165) is 50.9 Å². The molecule has 1 heterocycles.